The number of hydrogen-bond acceptors (Lipinski definition) is 4. The fourth-order valence-corrected chi connectivity index (χ4v) is 2.88. The second-order valence-electron chi connectivity index (χ2n) is 7.81. The number of amides is 2. The lowest BCUT2D eigenvalue weighted by molar-refractivity contribution is 0.0846. The van der Waals surface area contributed by atoms with Crippen LogP contribution in [0.15, 0.2) is 46.9 Å². The quantitative estimate of drug-likeness (QED) is 0.500. The molecule has 0 heterocycles. The molecule has 0 aliphatic heterocycles. The lowest BCUT2D eigenvalue weighted by Crippen LogP contribution is -2.41. The summed E-state index contributed by atoms with van der Waals surface area (Å²) in [6.45, 7) is 9.62. The molecule has 2 N–H and O–H groups in total. The van der Waals surface area contributed by atoms with Crippen LogP contribution in [0.5, 0.6) is 11.5 Å². The Kier molecular flexibility index (Phi) is 9.17. The second-order valence-corrected chi connectivity index (χ2v) is 8.67. The Morgan fingerprint density at radius 2 is 1.47 bits per heavy atom. The summed E-state index contributed by atoms with van der Waals surface area (Å²) in [7, 11) is 0. The predicted molar refractivity (Wildman–Crippen MR) is 121 cm³/mol. The number of halogens is 1. The van der Waals surface area contributed by atoms with Gasteiger partial charge in [-0.15, -0.1) is 0 Å². The van der Waals surface area contributed by atoms with Crippen molar-refractivity contribution in [3.05, 3.63) is 58.1 Å². The Labute approximate surface area is 186 Å². The smallest absolute Gasteiger partial charge is 0.269 e. The highest BCUT2D eigenvalue weighted by molar-refractivity contribution is 9.10. The molecular weight excluding hydrogens is 448 g/mol. The molecule has 0 aliphatic carbocycles. The maximum absolute atomic E-state index is 12.3. The molecule has 7 heteroatoms. The summed E-state index contributed by atoms with van der Waals surface area (Å²) in [6.07, 6.45) is 0.967. The van der Waals surface area contributed by atoms with Gasteiger partial charge in [0.2, 0.25) is 0 Å². The minimum absolute atomic E-state index is 0.396. The molecule has 30 heavy (non-hydrogen) atoms. The van der Waals surface area contributed by atoms with E-state index in [9.17, 15) is 9.59 Å². The van der Waals surface area contributed by atoms with Gasteiger partial charge >= 0.3 is 0 Å². The van der Waals surface area contributed by atoms with Gasteiger partial charge in [0.1, 0.15) is 11.5 Å². The summed E-state index contributed by atoms with van der Waals surface area (Å²) in [5.74, 6) is 1.51. The molecule has 6 nitrogen and oxygen atoms in total. The first-order valence-electron chi connectivity index (χ1n) is 10.0. The van der Waals surface area contributed by atoms with Gasteiger partial charge < -0.3 is 9.47 Å². The van der Waals surface area contributed by atoms with Crippen LogP contribution in [0.1, 0.15) is 54.8 Å². The van der Waals surface area contributed by atoms with E-state index in [1.54, 1.807) is 42.5 Å². The zero-order valence-corrected chi connectivity index (χ0v) is 19.4. The van der Waals surface area contributed by atoms with Crippen molar-refractivity contribution in [1.29, 1.82) is 0 Å². The Hall–Kier alpha value is -2.54. The van der Waals surface area contributed by atoms with E-state index in [0.717, 1.165) is 6.42 Å². The lowest BCUT2D eigenvalue weighted by Gasteiger charge is -2.12. The van der Waals surface area contributed by atoms with Crippen LogP contribution in [0.25, 0.3) is 0 Å². The van der Waals surface area contributed by atoms with Crippen molar-refractivity contribution in [2.24, 2.45) is 11.8 Å². The van der Waals surface area contributed by atoms with Crippen molar-refractivity contribution in [2.45, 2.75) is 34.1 Å². The van der Waals surface area contributed by atoms with Crippen LogP contribution in [0.2, 0.25) is 0 Å². The van der Waals surface area contributed by atoms with Gasteiger partial charge in [-0.2, -0.15) is 0 Å². The number of carbonyl (C=O) groups excluding carboxylic acids is 2. The van der Waals surface area contributed by atoms with Crippen molar-refractivity contribution in [3.8, 4) is 11.5 Å². The van der Waals surface area contributed by atoms with Gasteiger partial charge in [-0.05, 0) is 76.7 Å². The first-order chi connectivity index (χ1) is 14.3. The molecule has 0 unspecified atom stereocenters. The summed E-state index contributed by atoms with van der Waals surface area (Å²) in [4.78, 5) is 24.6. The predicted octanol–water partition coefficient (Wildman–Crippen LogP) is 4.98. The summed E-state index contributed by atoms with van der Waals surface area (Å²) in [5.41, 5.74) is 5.66. The van der Waals surface area contributed by atoms with E-state index in [0.29, 0.717) is 52.1 Å². The molecule has 0 saturated heterocycles. The van der Waals surface area contributed by atoms with E-state index in [-0.39, 0.29) is 0 Å². The highest BCUT2D eigenvalue weighted by Crippen LogP contribution is 2.26. The highest BCUT2D eigenvalue weighted by Gasteiger charge is 2.12. The molecule has 0 atom stereocenters. The van der Waals surface area contributed by atoms with Crippen molar-refractivity contribution >= 4 is 27.7 Å². The van der Waals surface area contributed by atoms with E-state index < -0.39 is 11.8 Å². The summed E-state index contributed by atoms with van der Waals surface area (Å²) < 4.78 is 12.0. The normalized spacial score (nSPS) is 10.8. The van der Waals surface area contributed by atoms with Crippen LogP contribution in [0.3, 0.4) is 0 Å². The number of carbonyl (C=O) groups is 2. The fraction of sp³-hybridized carbons (Fsp3) is 0.391. The third-order valence-electron chi connectivity index (χ3n) is 4.14. The molecule has 0 fully saturated rings. The molecule has 2 aromatic carbocycles. The highest BCUT2D eigenvalue weighted by atomic mass is 79.9. The Morgan fingerprint density at radius 3 is 2.03 bits per heavy atom. The summed E-state index contributed by atoms with van der Waals surface area (Å²) in [5, 5.41) is 0. The van der Waals surface area contributed by atoms with Crippen LogP contribution < -0.4 is 20.3 Å². The molecule has 2 amide bonds. The van der Waals surface area contributed by atoms with Gasteiger partial charge in [-0.1, -0.05) is 27.7 Å². The van der Waals surface area contributed by atoms with Crippen LogP contribution in [0, 0.1) is 11.8 Å². The SMILES string of the molecule is CC(C)CCOc1ccc(C(=O)NNC(=O)c2ccc(OCC(C)C)c(Br)c2)cc1. The average molecular weight is 477 g/mol. The maximum atomic E-state index is 12.3. The van der Waals surface area contributed by atoms with Crippen molar-refractivity contribution in [3.63, 3.8) is 0 Å². The molecule has 0 radical (unpaired) electrons. The standard InChI is InChI=1S/C23H29BrN2O4/c1-15(2)11-12-29-19-8-5-17(6-9-19)22(27)25-26-23(28)18-7-10-21(20(24)13-18)30-14-16(3)4/h5-10,13,15-16H,11-12,14H2,1-4H3,(H,25,27)(H,26,28). The van der Waals surface area contributed by atoms with Gasteiger partial charge in [0.25, 0.3) is 11.8 Å². The molecular formula is C23H29BrN2O4. The molecule has 2 aromatic rings. The average Bonchev–Trinajstić information content (AvgIpc) is 2.71. The topological polar surface area (TPSA) is 76.7 Å². The number of hydrogen-bond donors (Lipinski definition) is 2. The minimum Gasteiger partial charge on any atom is -0.494 e. The Morgan fingerprint density at radius 1 is 0.867 bits per heavy atom. The van der Waals surface area contributed by atoms with Crippen LogP contribution in [0.4, 0.5) is 0 Å². The summed E-state index contributed by atoms with van der Waals surface area (Å²) in [6, 6.07) is 11.8. The third kappa shape index (κ3) is 7.71. The van der Waals surface area contributed by atoms with Crippen molar-refractivity contribution in [1.82, 2.24) is 10.9 Å². The third-order valence-corrected chi connectivity index (χ3v) is 4.76. The molecule has 0 saturated carbocycles. The van der Waals surface area contributed by atoms with Crippen LogP contribution in [-0.2, 0) is 0 Å². The number of benzene rings is 2. The minimum atomic E-state index is -0.423. The monoisotopic (exact) mass is 476 g/mol. The lowest BCUT2D eigenvalue weighted by atomic mass is 10.1. The van der Waals surface area contributed by atoms with Crippen LogP contribution >= 0.6 is 15.9 Å². The molecule has 0 aliphatic rings. The van der Waals surface area contributed by atoms with E-state index in [1.165, 1.54) is 0 Å². The molecule has 0 bridgehead atoms. The number of ether oxygens (including phenoxy) is 2. The van der Waals surface area contributed by atoms with E-state index in [2.05, 4.69) is 54.5 Å². The Bertz CT molecular complexity index is 851. The number of hydrazine groups is 1. The van der Waals surface area contributed by atoms with Gasteiger partial charge in [0.05, 0.1) is 17.7 Å². The second kappa shape index (κ2) is 11.6. The number of nitrogens with one attached hydrogen (secondary N) is 2. The summed E-state index contributed by atoms with van der Waals surface area (Å²) >= 11 is 3.41. The zero-order chi connectivity index (χ0) is 22.1. The van der Waals surface area contributed by atoms with Crippen molar-refractivity contribution in [2.75, 3.05) is 13.2 Å². The molecule has 0 spiro atoms. The van der Waals surface area contributed by atoms with Gasteiger partial charge in [0, 0.05) is 11.1 Å². The van der Waals surface area contributed by atoms with Crippen molar-refractivity contribution < 1.29 is 19.1 Å². The van der Waals surface area contributed by atoms with E-state index >= 15 is 0 Å². The van der Waals surface area contributed by atoms with Crippen LogP contribution in [-0.4, -0.2) is 25.0 Å². The molecule has 0 aromatic heterocycles. The first-order valence-corrected chi connectivity index (χ1v) is 10.8. The molecule has 162 valence electrons. The van der Waals surface area contributed by atoms with Gasteiger partial charge in [0.15, 0.2) is 0 Å². The van der Waals surface area contributed by atoms with E-state index in [4.69, 9.17) is 9.47 Å². The first kappa shape index (κ1) is 23.7. The number of rotatable bonds is 9. The van der Waals surface area contributed by atoms with Gasteiger partial charge in [-0.3, -0.25) is 20.4 Å². The Balaban J connectivity index is 1.86. The fourth-order valence-electron chi connectivity index (χ4n) is 2.39. The van der Waals surface area contributed by atoms with Gasteiger partial charge in [-0.25, -0.2) is 0 Å². The van der Waals surface area contributed by atoms with E-state index in [1.807, 2.05) is 0 Å². The maximum Gasteiger partial charge on any atom is 0.269 e. The largest absolute Gasteiger partial charge is 0.494 e. The molecule has 2 rings (SSSR count). The zero-order valence-electron chi connectivity index (χ0n) is 17.8.